The highest BCUT2D eigenvalue weighted by Crippen LogP contribution is 2.29. The first kappa shape index (κ1) is 19.1. The van der Waals surface area contributed by atoms with Crippen molar-refractivity contribution in [2.75, 3.05) is 13.1 Å². The van der Waals surface area contributed by atoms with Crippen LogP contribution in [0.3, 0.4) is 0 Å². The molecule has 1 aliphatic rings. The van der Waals surface area contributed by atoms with Crippen LogP contribution in [0.1, 0.15) is 33.6 Å². The van der Waals surface area contributed by atoms with E-state index in [9.17, 15) is 4.79 Å². The summed E-state index contributed by atoms with van der Waals surface area (Å²) in [4.78, 5) is 17.2. The molecule has 3 rings (SSSR count). The van der Waals surface area contributed by atoms with Crippen LogP contribution in [0, 0.1) is 0 Å². The van der Waals surface area contributed by atoms with Gasteiger partial charge < -0.3 is 14.2 Å². The third kappa shape index (κ3) is 4.86. The highest BCUT2D eigenvalue weighted by molar-refractivity contribution is 9.10. The average molecular weight is 417 g/mol. The van der Waals surface area contributed by atoms with Crippen molar-refractivity contribution >= 4 is 44.5 Å². The van der Waals surface area contributed by atoms with Crippen molar-refractivity contribution in [3.8, 4) is 0 Å². The van der Waals surface area contributed by atoms with Crippen molar-refractivity contribution in [1.82, 2.24) is 14.5 Å². The molecule has 0 saturated carbocycles. The highest BCUT2D eigenvalue weighted by atomic mass is 79.9. The lowest BCUT2D eigenvalue weighted by atomic mass is 10.2. The number of halogens is 2. The number of fused-ring (bicyclic) bond motifs is 1. The van der Waals surface area contributed by atoms with E-state index in [4.69, 9.17) is 16.3 Å². The summed E-state index contributed by atoms with van der Waals surface area (Å²) in [6, 6.07) is 2.01. The predicted molar refractivity (Wildman–Crippen MR) is 100 cm³/mol. The van der Waals surface area contributed by atoms with Crippen LogP contribution in [0.4, 0.5) is 4.79 Å². The molecule has 0 aromatic carbocycles. The van der Waals surface area contributed by atoms with Gasteiger partial charge in [0.1, 0.15) is 10.8 Å². The number of hydrogen-bond acceptors (Lipinski definition) is 3. The van der Waals surface area contributed by atoms with Gasteiger partial charge in [-0.1, -0.05) is 11.6 Å². The van der Waals surface area contributed by atoms with Crippen molar-refractivity contribution < 1.29 is 9.53 Å². The van der Waals surface area contributed by atoms with E-state index in [1.807, 2.05) is 44.6 Å². The molecule has 5 nitrogen and oxygen atoms in total. The molecular weight excluding hydrogens is 394 g/mol. The lowest BCUT2D eigenvalue weighted by molar-refractivity contribution is 0.0295. The molecule has 132 valence electrons. The van der Waals surface area contributed by atoms with Crippen LogP contribution in [-0.2, 0) is 11.8 Å². The van der Waals surface area contributed by atoms with Crippen LogP contribution < -0.4 is 0 Å². The van der Waals surface area contributed by atoms with E-state index < -0.39 is 0 Å². The van der Waals surface area contributed by atoms with Crippen molar-refractivity contribution in [2.24, 2.45) is 7.05 Å². The molecule has 1 saturated heterocycles. The highest BCUT2D eigenvalue weighted by Gasteiger charge is 2.23. The SMILES string of the molecule is CC(C)(C)OC(=O)N1CCCC1.Cn1ccc2c(Br)c(Cl)ncc21. The smallest absolute Gasteiger partial charge is 0.410 e. The van der Waals surface area contributed by atoms with Crippen LogP contribution >= 0.6 is 27.5 Å². The molecule has 0 atom stereocenters. The number of amides is 1. The van der Waals surface area contributed by atoms with E-state index in [0.717, 1.165) is 41.3 Å². The van der Waals surface area contributed by atoms with Gasteiger partial charge in [0, 0.05) is 31.7 Å². The van der Waals surface area contributed by atoms with E-state index in [1.54, 1.807) is 11.1 Å². The summed E-state index contributed by atoms with van der Waals surface area (Å²) in [6.45, 7) is 7.38. The Morgan fingerprint density at radius 1 is 1.33 bits per heavy atom. The van der Waals surface area contributed by atoms with Crippen molar-refractivity contribution in [1.29, 1.82) is 0 Å². The number of nitrogens with zero attached hydrogens (tertiary/aromatic N) is 3. The molecule has 0 bridgehead atoms. The molecule has 2 aromatic rings. The zero-order chi connectivity index (χ0) is 17.9. The number of aromatic nitrogens is 2. The minimum absolute atomic E-state index is 0.167. The average Bonchev–Trinajstić information content (AvgIpc) is 3.12. The fourth-order valence-electron chi connectivity index (χ4n) is 2.40. The van der Waals surface area contributed by atoms with Crippen LogP contribution in [0.2, 0.25) is 5.15 Å². The molecule has 1 aliphatic heterocycles. The van der Waals surface area contributed by atoms with Crippen LogP contribution in [0.15, 0.2) is 22.9 Å². The van der Waals surface area contributed by atoms with Gasteiger partial charge >= 0.3 is 6.09 Å². The first-order chi connectivity index (χ1) is 11.2. The van der Waals surface area contributed by atoms with Crippen LogP contribution in [0.25, 0.3) is 10.9 Å². The second kappa shape index (κ2) is 7.74. The Balaban J connectivity index is 0.000000174. The Hall–Kier alpha value is -1.27. The van der Waals surface area contributed by atoms with Gasteiger partial charge in [-0.15, -0.1) is 0 Å². The Morgan fingerprint density at radius 3 is 2.54 bits per heavy atom. The van der Waals surface area contributed by atoms with Gasteiger partial charge in [-0.3, -0.25) is 0 Å². The Labute approximate surface area is 156 Å². The van der Waals surface area contributed by atoms with E-state index in [2.05, 4.69) is 20.9 Å². The molecule has 3 heterocycles. The van der Waals surface area contributed by atoms with Crippen LogP contribution in [0.5, 0.6) is 0 Å². The van der Waals surface area contributed by atoms with Gasteiger partial charge in [-0.25, -0.2) is 9.78 Å². The predicted octanol–water partition coefficient (Wildman–Crippen LogP) is 5.01. The van der Waals surface area contributed by atoms with E-state index >= 15 is 0 Å². The van der Waals surface area contributed by atoms with E-state index in [0.29, 0.717) is 5.15 Å². The number of rotatable bonds is 0. The molecule has 0 spiro atoms. The largest absolute Gasteiger partial charge is 0.444 e. The number of likely N-dealkylation sites (tertiary alicyclic amines) is 1. The zero-order valence-corrected chi connectivity index (χ0v) is 16.8. The molecular formula is C17H23BrClN3O2. The fraction of sp³-hybridized carbons (Fsp3) is 0.529. The molecule has 0 N–H and O–H groups in total. The number of carbonyl (C=O) groups is 1. The number of aryl methyl sites for hydroxylation is 1. The van der Waals surface area contributed by atoms with Gasteiger partial charge in [0.2, 0.25) is 0 Å². The molecule has 7 heteroatoms. The normalized spacial score (nSPS) is 14.5. The summed E-state index contributed by atoms with van der Waals surface area (Å²) >= 11 is 9.22. The Morgan fingerprint density at radius 2 is 1.96 bits per heavy atom. The second-order valence-electron chi connectivity index (χ2n) is 6.76. The third-order valence-corrected chi connectivity index (χ3v) is 4.91. The molecule has 24 heavy (non-hydrogen) atoms. The Bertz CT molecular complexity index is 718. The van der Waals surface area contributed by atoms with E-state index in [-0.39, 0.29) is 11.7 Å². The first-order valence-corrected chi connectivity index (χ1v) is 9.09. The van der Waals surface area contributed by atoms with Crippen molar-refractivity contribution in [3.63, 3.8) is 0 Å². The molecule has 0 radical (unpaired) electrons. The molecule has 0 aliphatic carbocycles. The van der Waals surface area contributed by atoms with Crippen molar-refractivity contribution in [2.45, 2.75) is 39.2 Å². The lowest BCUT2D eigenvalue weighted by Gasteiger charge is -2.23. The van der Waals surface area contributed by atoms with Crippen LogP contribution in [-0.4, -0.2) is 39.2 Å². The minimum atomic E-state index is -0.361. The molecule has 0 unspecified atom stereocenters. The summed E-state index contributed by atoms with van der Waals surface area (Å²) in [5.41, 5.74) is 0.714. The van der Waals surface area contributed by atoms with Gasteiger partial charge in [0.25, 0.3) is 0 Å². The number of ether oxygens (including phenoxy) is 1. The monoisotopic (exact) mass is 415 g/mol. The minimum Gasteiger partial charge on any atom is -0.444 e. The Kier molecular flexibility index (Phi) is 6.15. The summed E-state index contributed by atoms with van der Waals surface area (Å²) < 4.78 is 8.08. The fourth-order valence-corrected chi connectivity index (χ4v) is 2.99. The first-order valence-electron chi connectivity index (χ1n) is 7.92. The lowest BCUT2D eigenvalue weighted by Crippen LogP contribution is -2.34. The van der Waals surface area contributed by atoms with Gasteiger partial charge in [0.15, 0.2) is 0 Å². The van der Waals surface area contributed by atoms with Gasteiger partial charge in [-0.05, 0) is 55.6 Å². The number of hydrogen-bond donors (Lipinski definition) is 0. The summed E-state index contributed by atoms with van der Waals surface area (Å²) in [6.07, 6.45) is 5.80. The van der Waals surface area contributed by atoms with Gasteiger partial charge in [0.05, 0.1) is 16.2 Å². The standard InChI is InChI=1S/C9H17NO2.C8H6BrClN2/c1-9(2,3)12-8(11)10-6-4-5-7-10;1-12-3-2-5-6(12)4-11-8(10)7(5)9/h4-7H2,1-3H3;2-4H,1H3. The molecule has 1 fully saturated rings. The topological polar surface area (TPSA) is 47.4 Å². The molecule has 2 aromatic heterocycles. The summed E-state index contributed by atoms with van der Waals surface area (Å²) in [5.74, 6) is 0. The third-order valence-electron chi connectivity index (χ3n) is 3.60. The maximum atomic E-state index is 11.4. The summed E-state index contributed by atoms with van der Waals surface area (Å²) in [5, 5.41) is 1.60. The maximum absolute atomic E-state index is 11.4. The quantitative estimate of drug-likeness (QED) is 0.567. The number of pyridine rings is 1. The zero-order valence-electron chi connectivity index (χ0n) is 14.5. The molecule has 1 amide bonds. The van der Waals surface area contributed by atoms with E-state index in [1.165, 1.54) is 0 Å². The number of carbonyl (C=O) groups excluding carboxylic acids is 1. The second-order valence-corrected chi connectivity index (χ2v) is 7.91. The summed E-state index contributed by atoms with van der Waals surface area (Å²) in [7, 11) is 1.98. The maximum Gasteiger partial charge on any atom is 0.410 e. The van der Waals surface area contributed by atoms with Gasteiger partial charge in [-0.2, -0.15) is 0 Å². The van der Waals surface area contributed by atoms with Crippen molar-refractivity contribution in [3.05, 3.63) is 28.1 Å².